The molecule has 0 radical (unpaired) electrons. The number of rotatable bonds is 4. The van der Waals surface area contributed by atoms with E-state index in [0.717, 1.165) is 35.6 Å². The summed E-state index contributed by atoms with van der Waals surface area (Å²) < 4.78 is 7.50. The van der Waals surface area contributed by atoms with Crippen LogP contribution in [0.3, 0.4) is 0 Å². The molecule has 0 atom stereocenters. The SMILES string of the molecule is c1cncc(-c2cnc(NCc3cccc4c3CCO4)n3cnnc23)c1. The van der Waals surface area contributed by atoms with Crippen LogP contribution in [0.25, 0.3) is 16.8 Å². The van der Waals surface area contributed by atoms with Gasteiger partial charge in [0.15, 0.2) is 5.65 Å². The van der Waals surface area contributed by atoms with Gasteiger partial charge in [0, 0.05) is 48.2 Å². The Balaban J connectivity index is 1.48. The summed E-state index contributed by atoms with van der Waals surface area (Å²) in [4.78, 5) is 8.75. The van der Waals surface area contributed by atoms with Crippen LogP contribution in [-0.2, 0) is 13.0 Å². The number of aromatic nitrogens is 5. The fourth-order valence-corrected chi connectivity index (χ4v) is 3.31. The second-order valence-electron chi connectivity index (χ2n) is 6.11. The lowest BCUT2D eigenvalue weighted by Gasteiger charge is -2.11. The molecule has 0 aliphatic carbocycles. The van der Waals surface area contributed by atoms with Gasteiger partial charge in [-0.15, -0.1) is 10.2 Å². The summed E-state index contributed by atoms with van der Waals surface area (Å²) >= 11 is 0. The number of hydrogen-bond acceptors (Lipinski definition) is 6. The molecule has 7 heteroatoms. The average molecular weight is 344 g/mol. The van der Waals surface area contributed by atoms with Crippen LogP contribution < -0.4 is 10.1 Å². The Morgan fingerprint density at radius 3 is 3.08 bits per heavy atom. The number of benzene rings is 1. The van der Waals surface area contributed by atoms with Gasteiger partial charge < -0.3 is 10.1 Å². The number of pyridine rings is 1. The van der Waals surface area contributed by atoms with Crippen LogP contribution in [0.2, 0.25) is 0 Å². The van der Waals surface area contributed by atoms with E-state index in [-0.39, 0.29) is 0 Å². The molecule has 1 aliphatic rings. The maximum absolute atomic E-state index is 5.64. The Bertz CT molecular complexity index is 1080. The third kappa shape index (κ3) is 2.45. The van der Waals surface area contributed by atoms with Crippen molar-refractivity contribution < 1.29 is 4.74 Å². The van der Waals surface area contributed by atoms with E-state index in [0.29, 0.717) is 12.5 Å². The Hall–Kier alpha value is -3.48. The summed E-state index contributed by atoms with van der Waals surface area (Å²) in [6.07, 6.45) is 7.97. The second-order valence-corrected chi connectivity index (χ2v) is 6.11. The Labute approximate surface area is 149 Å². The highest BCUT2D eigenvalue weighted by atomic mass is 16.5. The molecule has 7 nitrogen and oxygen atoms in total. The summed E-state index contributed by atoms with van der Waals surface area (Å²) in [6.45, 7) is 1.42. The van der Waals surface area contributed by atoms with Crippen molar-refractivity contribution in [3.63, 3.8) is 0 Å². The summed E-state index contributed by atoms with van der Waals surface area (Å²) in [6, 6.07) is 10.0. The van der Waals surface area contributed by atoms with Gasteiger partial charge in [-0.05, 0) is 17.7 Å². The molecule has 4 aromatic rings. The molecule has 5 rings (SSSR count). The smallest absolute Gasteiger partial charge is 0.210 e. The van der Waals surface area contributed by atoms with Crippen LogP contribution in [0.15, 0.2) is 55.2 Å². The van der Waals surface area contributed by atoms with Gasteiger partial charge in [0.2, 0.25) is 5.95 Å². The minimum absolute atomic E-state index is 0.666. The van der Waals surface area contributed by atoms with E-state index >= 15 is 0 Å². The molecule has 0 saturated carbocycles. The fourth-order valence-electron chi connectivity index (χ4n) is 3.31. The zero-order valence-electron chi connectivity index (χ0n) is 14.0. The molecule has 4 heterocycles. The number of nitrogens with one attached hydrogen (secondary N) is 1. The molecule has 0 spiro atoms. The van der Waals surface area contributed by atoms with Crippen molar-refractivity contribution in [3.8, 4) is 16.9 Å². The molecular weight excluding hydrogens is 328 g/mol. The van der Waals surface area contributed by atoms with Gasteiger partial charge in [0.05, 0.1) is 6.61 Å². The molecule has 26 heavy (non-hydrogen) atoms. The first-order chi connectivity index (χ1) is 12.9. The van der Waals surface area contributed by atoms with Crippen LogP contribution in [0, 0.1) is 0 Å². The van der Waals surface area contributed by atoms with E-state index in [4.69, 9.17) is 4.74 Å². The number of fused-ring (bicyclic) bond motifs is 2. The Kier molecular flexibility index (Phi) is 3.48. The Morgan fingerprint density at radius 1 is 1.15 bits per heavy atom. The van der Waals surface area contributed by atoms with Crippen molar-refractivity contribution in [1.29, 1.82) is 0 Å². The standard InChI is InChI=1S/C19H16N6O/c1-3-14(15-6-8-26-17(15)5-1)10-21-19-22-11-16(13-4-2-7-20-9-13)18-24-23-12-25(18)19/h1-5,7,9,11-12H,6,8,10H2,(H,21,22). The molecule has 0 amide bonds. The van der Waals surface area contributed by atoms with Crippen molar-refractivity contribution >= 4 is 11.6 Å². The molecule has 0 bridgehead atoms. The molecule has 3 aromatic heterocycles. The maximum atomic E-state index is 5.64. The summed E-state index contributed by atoms with van der Waals surface area (Å²) in [7, 11) is 0. The van der Waals surface area contributed by atoms with Gasteiger partial charge in [-0.3, -0.25) is 9.38 Å². The van der Waals surface area contributed by atoms with Crippen molar-refractivity contribution in [1.82, 2.24) is 24.6 Å². The largest absolute Gasteiger partial charge is 0.493 e. The van der Waals surface area contributed by atoms with Gasteiger partial charge >= 0.3 is 0 Å². The van der Waals surface area contributed by atoms with Crippen molar-refractivity contribution in [2.75, 3.05) is 11.9 Å². The predicted octanol–water partition coefficient (Wildman–Crippen LogP) is 2.73. The molecule has 0 unspecified atom stereocenters. The summed E-state index contributed by atoms with van der Waals surface area (Å²) in [5, 5.41) is 11.7. The molecular formula is C19H16N6O. The lowest BCUT2D eigenvalue weighted by atomic mass is 10.1. The molecule has 0 fully saturated rings. The molecule has 128 valence electrons. The summed E-state index contributed by atoms with van der Waals surface area (Å²) in [5.74, 6) is 1.69. The van der Waals surface area contributed by atoms with Crippen LogP contribution in [0.4, 0.5) is 5.95 Å². The highest BCUT2D eigenvalue weighted by Crippen LogP contribution is 2.29. The quantitative estimate of drug-likeness (QED) is 0.613. The van der Waals surface area contributed by atoms with Crippen LogP contribution >= 0.6 is 0 Å². The fraction of sp³-hybridized carbons (Fsp3) is 0.158. The molecule has 1 N–H and O–H groups in total. The molecule has 1 aliphatic heterocycles. The van der Waals surface area contributed by atoms with E-state index in [2.05, 4.69) is 31.5 Å². The zero-order valence-corrected chi connectivity index (χ0v) is 14.0. The van der Waals surface area contributed by atoms with Crippen LogP contribution in [0.5, 0.6) is 5.75 Å². The van der Waals surface area contributed by atoms with Crippen molar-refractivity contribution in [2.45, 2.75) is 13.0 Å². The topological polar surface area (TPSA) is 77.2 Å². The van der Waals surface area contributed by atoms with Gasteiger partial charge in [-0.1, -0.05) is 18.2 Å². The van der Waals surface area contributed by atoms with E-state index in [9.17, 15) is 0 Å². The molecule has 0 saturated heterocycles. The number of nitrogens with zero attached hydrogens (tertiary/aromatic N) is 5. The normalized spacial score (nSPS) is 12.8. The van der Waals surface area contributed by atoms with Gasteiger partial charge in [0.25, 0.3) is 0 Å². The van der Waals surface area contributed by atoms with Crippen LogP contribution in [-0.4, -0.2) is 31.2 Å². The van der Waals surface area contributed by atoms with Crippen molar-refractivity contribution in [3.05, 3.63) is 66.4 Å². The first-order valence-electron chi connectivity index (χ1n) is 8.47. The maximum Gasteiger partial charge on any atom is 0.210 e. The van der Waals surface area contributed by atoms with Gasteiger partial charge in [0.1, 0.15) is 12.1 Å². The second kappa shape index (κ2) is 6.11. The van der Waals surface area contributed by atoms with E-state index < -0.39 is 0 Å². The predicted molar refractivity (Wildman–Crippen MR) is 97.0 cm³/mol. The number of anilines is 1. The van der Waals surface area contributed by atoms with E-state index in [1.807, 2.05) is 34.9 Å². The first kappa shape index (κ1) is 14.8. The van der Waals surface area contributed by atoms with E-state index in [1.54, 1.807) is 18.7 Å². The van der Waals surface area contributed by atoms with Crippen molar-refractivity contribution in [2.24, 2.45) is 0 Å². The lowest BCUT2D eigenvalue weighted by molar-refractivity contribution is 0.357. The third-order valence-electron chi connectivity index (χ3n) is 4.58. The third-order valence-corrected chi connectivity index (χ3v) is 4.58. The highest BCUT2D eigenvalue weighted by molar-refractivity contribution is 5.76. The molecule has 1 aromatic carbocycles. The van der Waals surface area contributed by atoms with E-state index in [1.165, 1.54) is 11.1 Å². The zero-order chi connectivity index (χ0) is 17.3. The number of ether oxygens (including phenoxy) is 1. The minimum Gasteiger partial charge on any atom is -0.493 e. The minimum atomic E-state index is 0.666. The van der Waals surface area contributed by atoms with Gasteiger partial charge in [-0.2, -0.15) is 0 Å². The number of hydrogen-bond donors (Lipinski definition) is 1. The summed E-state index contributed by atoms with van der Waals surface area (Å²) in [5.41, 5.74) is 5.10. The van der Waals surface area contributed by atoms with Crippen LogP contribution in [0.1, 0.15) is 11.1 Å². The highest BCUT2D eigenvalue weighted by Gasteiger charge is 2.16. The first-order valence-corrected chi connectivity index (χ1v) is 8.47. The lowest BCUT2D eigenvalue weighted by Crippen LogP contribution is -2.08. The van der Waals surface area contributed by atoms with Gasteiger partial charge in [-0.25, -0.2) is 4.98 Å². The Morgan fingerprint density at radius 2 is 2.15 bits per heavy atom. The monoisotopic (exact) mass is 344 g/mol. The average Bonchev–Trinajstić information content (AvgIpc) is 3.36.